The highest BCUT2D eigenvalue weighted by atomic mass is 15.2. The van der Waals surface area contributed by atoms with Gasteiger partial charge in [-0.1, -0.05) is 288 Å². The first-order chi connectivity index (χ1) is 51.9. The highest BCUT2D eigenvalue weighted by Crippen LogP contribution is 2.54. The van der Waals surface area contributed by atoms with E-state index in [-0.39, 0.29) is 44.6 Å². The van der Waals surface area contributed by atoms with Crippen LogP contribution in [0.4, 0.5) is 34.1 Å². The van der Waals surface area contributed by atoms with Crippen molar-refractivity contribution in [2.75, 3.05) is 9.80 Å². The van der Waals surface area contributed by atoms with E-state index in [1.54, 1.807) is 0 Å². The Hall–Kier alpha value is -10.9. The molecule has 15 aromatic rings. The first kappa shape index (κ1) is 68.6. The molecule has 0 fully saturated rings. The van der Waals surface area contributed by atoms with Gasteiger partial charge < -0.3 is 18.9 Å². The standard InChI is InChI=1S/C104H99BN4/c1-98(2,3)72-37-27-65(28-38-72)71-35-48-87-93(56-71)106(75-41-29-66(30-42-75)69-33-46-83-85(54-69)103(14,15)62-101(83,10)11)95-60-78(109-91-51-39-73(99(4,5)6)57-81(91)82-58-74(100(7,8)9)40-52-92(82)109)61-96-97(95)105(87)88-49-45-77(108-89-26-22-21-25-79(89)80-53-68(36-50-90(80)108)64-23-19-18-20-24-64)59-94(88)107(96)76-43-31-67(32-44-76)70-34-47-84-86(55-70)104(16,17)63-102(84,12)13/h18-61H,62-63H2,1-17H3. The van der Waals surface area contributed by atoms with Gasteiger partial charge in [0.1, 0.15) is 0 Å². The van der Waals surface area contributed by atoms with Gasteiger partial charge >= 0.3 is 0 Å². The van der Waals surface area contributed by atoms with Crippen LogP contribution >= 0.6 is 0 Å². The first-order valence-electron chi connectivity index (χ1n) is 39.7. The van der Waals surface area contributed by atoms with E-state index in [2.05, 4.69) is 404 Å². The maximum atomic E-state index is 2.65. The van der Waals surface area contributed by atoms with Crippen molar-refractivity contribution < 1.29 is 0 Å². The number of aromatic nitrogens is 2. The molecule has 109 heavy (non-hydrogen) atoms. The van der Waals surface area contributed by atoms with E-state index in [0.29, 0.717) is 0 Å². The van der Waals surface area contributed by atoms with Gasteiger partial charge in [-0.05, 0) is 248 Å². The predicted octanol–water partition coefficient (Wildman–Crippen LogP) is 26.4. The van der Waals surface area contributed by atoms with Crippen LogP contribution < -0.4 is 26.2 Å². The van der Waals surface area contributed by atoms with Crippen molar-refractivity contribution >= 4 is 101 Å². The number of nitrogens with zero attached hydrogens (tertiary/aromatic N) is 4. The Morgan fingerprint density at radius 3 is 1.12 bits per heavy atom. The van der Waals surface area contributed by atoms with Crippen LogP contribution in [0.2, 0.25) is 0 Å². The molecule has 0 saturated heterocycles. The molecule has 0 unspecified atom stereocenters. The van der Waals surface area contributed by atoms with Crippen molar-refractivity contribution in [3.05, 3.63) is 306 Å². The molecule has 2 aliphatic carbocycles. The number of fused-ring (bicyclic) bond motifs is 12. The molecule has 0 saturated carbocycles. The molecule has 19 rings (SSSR count). The molecule has 0 N–H and O–H groups in total. The number of hydrogen-bond acceptors (Lipinski definition) is 2. The lowest BCUT2D eigenvalue weighted by atomic mass is 9.33. The number of para-hydroxylation sites is 1. The molecule has 538 valence electrons. The monoisotopic (exact) mass is 1410 g/mol. The van der Waals surface area contributed by atoms with Crippen molar-refractivity contribution in [2.24, 2.45) is 0 Å². The van der Waals surface area contributed by atoms with E-state index < -0.39 is 0 Å². The summed E-state index contributed by atoms with van der Waals surface area (Å²) in [7, 11) is 0. The van der Waals surface area contributed by atoms with Crippen molar-refractivity contribution in [2.45, 2.75) is 168 Å². The molecule has 0 atom stereocenters. The van der Waals surface area contributed by atoms with Gasteiger partial charge in [-0.15, -0.1) is 0 Å². The van der Waals surface area contributed by atoms with Gasteiger partial charge in [-0.2, -0.15) is 0 Å². The minimum Gasteiger partial charge on any atom is -0.311 e. The Bertz CT molecular complexity index is 6200. The largest absolute Gasteiger partial charge is 0.311 e. The maximum absolute atomic E-state index is 2.65. The Morgan fingerprint density at radius 1 is 0.257 bits per heavy atom. The fourth-order valence-corrected chi connectivity index (χ4v) is 20.4. The average Bonchev–Trinajstić information content (AvgIpc) is 1.66. The second-order valence-electron chi connectivity index (χ2n) is 38.1. The lowest BCUT2D eigenvalue weighted by Gasteiger charge is -2.44. The van der Waals surface area contributed by atoms with E-state index in [0.717, 1.165) is 52.7 Å². The Balaban J connectivity index is 0.901. The van der Waals surface area contributed by atoms with E-state index in [1.165, 1.54) is 149 Å². The fourth-order valence-electron chi connectivity index (χ4n) is 20.4. The molecular formula is C104H99BN4. The van der Waals surface area contributed by atoms with Gasteiger partial charge in [-0.25, -0.2) is 0 Å². The second-order valence-corrected chi connectivity index (χ2v) is 38.1. The van der Waals surface area contributed by atoms with Crippen LogP contribution in [0.3, 0.4) is 0 Å². The molecule has 4 heterocycles. The van der Waals surface area contributed by atoms with Crippen LogP contribution in [-0.2, 0) is 37.9 Å². The summed E-state index contributed by atoms with van der Waals surface area (Å²) in [5.41, 5.74) is 37.3. The van der Waals surface area contributed by atoms with Gasteiger partial charge in [0, 0.05) is 61.4 Å². The third-order valence-electron chi connectivity index (χ3n) is 25.6. The molecule has 0 spiro atoms. The summed E-state index contributed by atoms with van der Waals surface area (Å²) in [5.74, 6) is 0. The maximum Gasteiger partial charge on any atom is 0.252 e. The molecular weight excluding hydrogens is 1320 g/mol. The molecule has 4 nitrogen and oxygen atoms in total. The summed E-state index contributed by atoms with van der Waals surface area (Å²) in [5, 5.41) is 4.99. The summed E-state index contributed by atoms with van der Waals surface area (Å²) >= 11 is 0. The summed E-state index contributed by atoms with van der Waals surface area (Å²) in [4.78, 5) is 5.29. The van der Waals surface area contributed by atoms with E-state index in [9.17, 15) is 0 Å². The molecule has 0 bridgehead atoms. The zero-order valence-electron chi connectivity index (χ0n) is 66.7. The lowest BCUT2D eigenvalue weighted by Crippen LogP contribution is -2.61. The highest BCUT2D eigenvalue weighted by molar-refractivity contribution is 7.00. The van der Waals surface area contributed by atoms with Gasteiger partial charge in [-0.3, -0.25) is 0 Å². The normalized spacial score (nSPS) is 15.9. The zero-order chi connectivity index (χ0) is 75.5. The molecule has 5 heteroatoms. The van der Waals surface area contributed by atoms with E-state index in [1.807, 2.05) is 0 Å². The van der Waals surface area contributed by atoms with Gasteiger partial charge in [0.05, 0.1) is 27.8 Å². The van der Waals surface area contributed by atoms with Crippen LogP contribution in [0.15, 0.2) is 267 Å². The summed E-state index contributed by atoms with van der Waals surface area (Å²) in [6.07, 6.45) is 2.25. The van der Waals surface area contributed by atoms with Crippen molar-refractivity contribution in [1.29, 1.82) is 0 Å². The molecule has 13 aromatic carbocycles. The van der Waals surface area contributed by atoms with E-state index >= 15 is 0 Å². The van der Waals surface area contributed by atoms with Crippen LogP contribution in [0, 0.1) is 0 Å². The molecule has 0 radical (unpaired) electrons. The number of anilines is 6. The minimum absolute atomic E-state index is 0.0117. The third kappa shape index (κ3) is 11.0. The second kappa shape index (κ2) is 23.8. The van der Waals surface area contributed by atoms with Crippen LogP contribution in [0.5, 0.6) is 0 Å². The Labute approximate surface area is 645 Å². The SMILES string of the molecule is CC(C)(C)c1ccc(-c2ccc3c(c2)N(c2ccc(-c4ccc5c(c4)C(C)(C)CC5(C)C)cc2)c2cc(-n4c5ccc(C(C)(C)C)cc5c5cc(C(C)(C)C)ccc54)cc4c2B3c2ccc(-n3c5ccccc5c5cc(-c6ccccc6)ccc53)cc2N4c2ccc(-c3ccc4c(c3)C(C)(C)CC4(C)C)cc2)cc1. The quantitative estimate of drug-likeness (QED) is 0.141. The van der Waals surface area contributed by atoms with Crippen LogP contribution in [0.25, 0.3) is 99.5 Å². The van der Waals surface area contributed by atoms with E-state index in [4.69, 9.17) is 0 Å². The molecule has 0 amide bonds. The predicted molar refractivity (Wildman–Crippen MR) is 468 cm³/mol. The Morgan fingerprint density at radius 2 is 0.606 bits per heavy atom. The van der Waals surface area contributed by atoms with Crippen LogP contribution in [-0.4, -0.2) is 15.8 Å². The molecule has 2 aliphatic heterocycles. The average molecular weight is 1420 g/mol. The topological polar surface area (TPSA) is 16.3 Å². The molecule has 4 aliphatic rings. The summed E-state index contributed by atoms with van der Waals surface area (Å²) < 4.78 is 5.12. The van der Waals surface area contributed by atoms with Crippen molar-refractivity contribution in [1.82, 2.24) is 9.13 Å². The fraction of sp³-hybridized carbons (Fsp3) is 0.250. The molecule has 2 aromatic heterocycles. The smallest absolute Gasteiger partial charge is 0.252 e. The number of benzene rings is 13. The third-order valence-corrected chi connectivity index (χ3v) is 25.6. The summed E-state index contributed by atoms with van der Waals surface area (Å²) in [6, 6.07) is 105. The number of hydrogen-bond donors (Lipinski definition) is 0. The number of rotatable bonds is 8. The van der Waals surface area contributed by atoms with Gasteiger partial charge in [0.2, 0.25) is 0 Å². The van der Waals surface area contributed by atoms with Gasteiger partial charge in [0.15, 0.2) is 0 Å². The zero-order valence-corrected chi connectivity index (χ0v) is 66.7. The van der Waals surface area contributed by atoms with Crippen LogP contribution in [0.1, 0.15) is 169 Å². The Kier molecular flexibility index (Phi) is 15.0. The van der Waals surface area contributed by atoms with Gasteiger partial charge in [0.25, 0.3) is 6.71 Å². The minimum atomic E-state index is -0.173. The van der Waals surface area contributed by atoms with Crippen molar-refractivity contribution in [3.8, 4) is 55.9 Å². The highest BCUT2D eigenvalue weighted by Gasteiger charge is 2.47. The summed E-state index contributed by atoms with van der Waals surface area (Å²) in [6.45, 7) is 40.2. The van der Waals surface area contributed by atoms with Crippen molar-refractivity contribution in [3.63, 3.8) is 0 Å². The lowest BCUT2D eigenvalue weighted by molar-refractivity contribution is 0.402. The first-order valence-corrected chi connectivity index (χ1v) is 39.7.